The molecule has 0 aliphatic carbocycles. The molecule has 2 heteroatoms. The summed E-state index contributed by atoms with van der Waals surface area (Å²) in [5, 5.41) is 0. The van der Waals surface area contributed by atoms with E-state index in [4.69, 9.17) is 0 Å². The fraction of sp³-hybridized carbons (Fsp3) is 0.562. The van der Waals surface area contributed by atoms with Gasteiger partial charge in [0.25, 0.3) is 0 Å². The number of benzene rings is 1. The molecule has 0 unspecified atom stereocenters. The van der Waals surface area contributed by atoms with Crippen molar-refractivity contribution in [2.75, 3.05) is 13.1 Å². The maximum absolute atomic E-state index is 12.3. The number of carbonyl (C=O) groups excluding carboxylic acids is 1. The van der Waals surface area contributed by atoms with Gasteiger partial charge in [-0.15, -0.1) is 0 Å². The first-order valence-electron chi connectivity index (χ1n) is 7.01. The highest BCUT2D eigenvalue weighted by Crippen LogP contribution is 2.15. The molecule has 1 saturated heterocycles. The van der Waals surface area contributed by atoms with Crippen molar-refractivity contribution in [1.82, 2.24) is 4.90 Å². The molecule has 2 rings (SSSR count). The molecule has 0 saturated carbocycles. The number of likely N-dealkylation sites (tertiary alicyclic amines) is 1. The van der Waals surface area contributed by atoms with E-state index in [0.717, 1.165) is 13.1 Å². The third kappa shape index (κ3) is 3.34. The van der Waals surface area contributed by atoms with Crippen LogP contribution in [0.1, 0.15) is 42.4 Å². The average Bonchev–Trinajstić information content (AvgIpc) is 2.62. The van der Waals surface area contributed by atoms with Gasteiger partial charge in [0.1, 0.15) is 0 Å². The fourth-order valence-electron chi connectivity index (χ4n) is 2.59. The smallest absolute Gasteiger partial charge is 0.226 e. The van der Waals surface area contributed by atoms with Crippen molar-refractivity contribution in [2.24, 2.45) is 0 Å². The number of amides is 1. The zero-order valence-corrected chi connectivity index (χ0v) is 11.5. The highest BCUT2D eigenvalue weighted by Gasteiger charge is 2.16. The lowest BCUT2D eigenvalue weighted by molar-refractivity contribution is -0.130. The summed E-state index contributed by atoms with van der Waals surface area (Å²) < 4.78 is 0. The van der Waals surface area contributed by atoms with E-state index in [1.807, 2.05) is 0 Å². The van der Waals surface area contributed by atoms with E-state index in [9.17, 15) is 4.79 Å². The van der Waals surface area contributed by atoms with Gasteiger partial charge in [0.05, 0.1) is 6.42 Å². The first kappa shape index (κ1) is 13.1. The summed E-state index contributed by atoms with van der Waals surface area (Å²) in [5.41, 5.74) is 3.65. The van der Waals surface area contributed by atoms with Crippen LogP contribution in [0, 0.1) is 13.8 Å². The highest BCUT2D eigenvalue weighted by molar-refractivity contribution is 5.79. The van der Waals surface area contributed by atoms with Gasteiger partial charge in [-0.05, 0) is 37.8 Å². The summed E-state index contributed by atoms with van der Waals surface area (Å²) >= 11 is 0. The Hall–Kier alpha value is -1.31. The van der Waals surface area contributed by atoms with Crippen LogP contribution < -0.4 is 0 Å². The van der Waals surface area contributed by atoms with Gasteiger partial charge in [-0.25, -0.2) is 0 Å². The second kappa shape index (κ2) is 6.03. The molecular weight excluding hydrogens is 222 g/mol. The molecule has 1 amide bonds. The van der Waals surface area contributed by atoms with Gasteiger partial charge in [-0.1, -0.05) is 36.6 Å². The Bertz CT molecular complexity index is 417. The molecule has 1 heterocycles. The second-order valence-electron chi connectivity index (χ2n) is 5.40. The first-order valence-corrected chi connectivity index (χ1v) is 7.01. The van der Waals surface area contributed by atoms with E-state index in [-0.39, 0.29) is 0 Å². The van der Waals surface area contributed by atoms with E-state index < -0.39 is 0 Å². The van der Waals surface area contributed by atoms with Gasteiger partial charge < -0.3 is 4.90 Å². The van der Waals surface area contributed by atoms with E-state index in [1.165, 1.54) is 42.4 Å². The third-order valence-electron chi connectivity index (χ3n) is 3.81. The van der Waals surface area contributed by atoms with Crippen LogP contribution in [0.2, 0.25) is 0 Å². The normalized spacial score (nSPS) is 16.4. The van der Waals surface area contributed by atoms with E-state index in [2.05, 4.69) is 36.9 Å². The van der Waals surface area contributed by atoms with Gasteiger partial charge >= 0.3 is 0 Å². The Morgan fingerprint density at radius 1 is 1.11 bits per heavy atom. The Morgan fingerprint density at radius 2 is 1.78 bits per heavy atom. The minimum absolute atomic E-state index is 0.297. The molecular formula is C16H23NO. The van der Waals surface area contributed by atoms with Gasteiger partial charge in [0.15, 0.2) is 0 Å². The van der Waals surface area contributed by atoms with Crippen LogP contribution in [-0.2, 0) is 11.2 Å². The van der Waals surface area contributed by atoms with Gasteiger partial charge in [0, 0.05) is 13.1 Å². The quantitative estimate of drug-likeness (QED) is 0.783. The lowest BCUT2D eigenvalue weighted by Crippen LogP contribution is -2.33. The lowest BCUT2D eigenvalue weighted by Gasteiger charge is -2.20. The van der Waals surface area contributed by atoms with Crippen molar-refractivity contribution < 1.29 is 4.79 Å². The van der Waals surface area contributed by atoms with Crippen LogP contribution in [-0.4, -0.2) is 23.9 Å². The number of aryl methyl sites for hydroxylation is 2. The molecule has 18 heavy (non-hydrogen) atoms. The molecule has 0 bridgehead atoms. The predicted octanol–water partition coefficient (Wildman–Crippen LogP) is 3.25. The molecule has 0 radical (unpaired) electrons. The third-order valence-corrected chi connectivity index (χ3v) is 3.81. The molecule has 0 atom stereocenters. The van der Waals surface area contributed by atoms with Crippen molar-refractivity contribution in [3.05, 3.63) is 34.9 Å². The van der Waals surface area contributed by atoms with Crippen LogP contribution in [0.15, 0.2) is 18.2 Å². The van der Waals surface area contributed by atoms with Crippen LogP contribution >= 0.6 is 0 Å². The zero-order valence-electron chi connectivity index (χ0n) is 11.5. The summed E-state index contributed by atoms with van der Waals surface area (Å²) in [7, 11) is 0. The zero-order chi connectivity index (χ0) is 13.0. The molecule has 1 fully saturated rings. The summed E-state index contributed by atoms with van der Waals surface area (Å²) in [6.45, 7) is 6.07. The summed E-state index contributed by atoms with van der Waals surface area (Å²) in [6, 6.07) is 6.36. The van der Waals surface area contributed by atoms with E-state index in [0.29, 0.717) is 12.3 Å². The second-order valence-corrected chi connectivity index (χ2v) is 5.40. The van der Waals surface area contributed by atoms with Crippen molar-refractivity contribution in [2.45, 2.75) is 46.0 Å². The average molecular weight is 245 g/mol. The van der Waals surface area contributed by atoms with Crippen LogP contribution in [0.3, 0.4) is 0 Å². The summed E-state index contributed by atoms with van der Waals surface area (Å²) in [5.74, 6) is 0.297. The van der Waals surface area contributed by atoms with Crippen LogP contribution in [0.4, 0.5) is 0 Å². The molecule has 1 aliphatic heterocycles. The molecule has 2 nitrogen and oxygen atoms in total. The molecule has 98 valence electrons. The minimum Gasteiger partial charge on any atom is -0.342 e. The Labute approximate surface area is 110 Å². The first-order chi connectivity index (χ1) is 8.66. The Kier molecular flexibility index (Phi) is 4.40. The molecule has 0 spiro atoms. The highest BCUT2D eigenvalue weighted by atomic mass is 16.2. The van der Waals surface area contributed by atoms with E-state index in [1.54, 1.807) is 0 Å². The number of hydrogen-bond donors (Lipinski definition) is 0. The van der Waals surface area contributed by atoms with Gasteiger partial charge in [-0.3, -0.25) is 4.79 Å². The van der Waals surface area contributed by atoms with Crippen molar-refractivity contribution in [3.8, 4) is 0 Å². The summed E-state index contributed by atoms with van der Waals surface area (Å²) in [6.07, 6.45) is 5.44. The number of carbonyl (C=O) groups is 1. The van der Waals surface area contributed by atoms with Crippen molar-refractivity contribution >= 4 is 5.91 Å². The van der Waals surface area contributed by atoms with Crippen LogP contribution in [0.25, 0.3) is 0 Å². The monoisotopic (exact) mass is 245 g/mol. The number of nitrogens with zero attached hydrogens (tertiary/aromatic N) is 1. The SMILES string of the molecule is Cc1ccc(C)c(CC(=O)N2CCCCCC2)c1. The molecule has 0 N–H and O–H groups in total. The number of rotatable bonds is 2. The maximum atomic E-state index is 12.3. The standard InChI is InChI=1S/C16H23NO/c1-13-7-8-14(2)15(11-13)12-16(18)17-9-5-3-4-6-10-17/h7-8,11H,3-6,9-10,12H2,1-2H3. The molecule has 1 aliphatic rings. The van der Waals surface area contributed by atoms with Crippen molar-refractivity contribution in [3.63, 3.8) is 0 Å². The van der Waals surface area contributed by atoms with E-state index >= 15 is 0 Å². The number of hydrogen-bond acceptors (Lipinski definition) is 1. The van der Waals surface area contributed by atoms with Crippen LogP contribution in [0.5, 0.6) is 0 Å². The molecule has 0 aromatic heterocycles. The minimum atomic E-state index is 0.297. The Morgan fingerprint density at radius 3 is 2.44 bits per heavy atom. The Balaban J connectivity index is 2.03. The topological polar surface area (TPSA) is 20.3 Å². The van der Waals surface area contributed by atoms with Gasteiger partial charge in [-0.2, -0.15) is 0 Å². The maximum Gasteiger partial charge on any atom is 0.226 e. The largest absolute Gasteiger partial charge is 0.342 e. The van der Waals surface area contributed by atoms with Gasteiger partial charge in [0.2, 0.25) is 5.91 Å². The summed E-state index contributed by atoms with van der Waals surface area (Å²) in [4.78, 5) is 14.4. The predicted molar refractivity (Wildman–Crippen MR) is 74.7 cm³/mol. The molecule has 1 aromatic carbocycles. The molecule has 1 aromatic rings. The lowest BCUT2D eigenvalue weighted by atomic mass is 10.0. The fourth-order valence-corrected chi connectivity index (χ4v) is 2.59. The van der Waals surface area contributed by atoms with Crippen molar-refractivity contribution in [1.29, 1.82) is 0 Å².